The van der Waals surface area contributed by atoms with E-state index in [0.717, 1.165) is 16.1 Å². The Morgan fingerprint density at radius 3 is 2.87 bits per heavy atom. The van der Waals surface area contributed by atoms with Crippen LogP contribution in [0.25, 0.3) is 10.2 Å². The molecule has 0 unspecified atom stereocenters. The van der Waals surface area contributed by atoms with Gasteiger partial charge in [0.25, 0.3) is 0 Å². The summed E-state index contributed by atoms with van der Waals surface area (Å²) in [5, 5.41) is 17.6. The fourth-order valence-electron chi connectivity index (χ4n) is 2.31. The van der Waals surface area contributed by atoms with Crippen molar-refractivity contribution < 1.29 is 26.7 Å². The summed E-state index contributed by atoms with van der Waals surface area (Å²) in [5.41, 5.74) is 1.15. The number of aromatic nitrogens is 3. The molecule has 0 spiro atoms. The minimum atomic E-state index is 0. The minimum absolute atomic E-state index is 0. The van der Waals surface area contributed by atoms with Crippen LogP contribution < -0.4 is 26.3 Å². The zero-order valence-electron chi connectivity index (χ0n) is 12.9. The van der Waals surface area contributed by atoms with Crippen molar-refractivity contribution in [1.82, 2.24) is 9.13 Å². The molecule has 0 fully saturated rings. The maximum atomic E-state index is 9.07. The Hall–Kier alpha value is -1.77. The summed E-state index contributed by atoms with van der Waals surface area (Å²) in [6.45, 7) is 0.636. The van der Waals surface area contributed by atoms with Gasteiger partial charge in [0.1, 0.15) is 25.2 Å². The van der Waals surface area contributed by atoms with Crippen LogP contribution in [0.2, 0.25) is 0 Å². The molecule has 1 N–H and O–H groups in total. The van der Waals surface area contributed by atoms with Crippen LogP contribution in [0.3, 0.4) is 0 Å². The summed E-state index contributed by atoms with van der Waals surface area (Å²) >= 11 is 1.61. The number of fused-ring (bicyclic) bond motifs is 1. The predicted molar refractivity (Wildman–Crippen MR) is 86.6 cm³/mol. The Kier molecular flexibility index (Phi) is 5.86. The molecule has 0 saturated carbocycles. The number of halogens is 1. The summed E-state index contributed by atoms with van der Waals surface area (Å²) in [7, 11) is 3.93. The van der Waals surface area contributed by atoms with Crippen molar-refractivity contribution in [1.29, 1.82) is 0 Å². The first-order chi connectivity index (χ1) is 10.7. The Morgan fingerprint density at radius 1 is 1.35 bits per heavy atom. The van der Waals surface area contributed by atoms with Crippen molar-refractivity contribution in [2.75, 3.05) is 6.61 Å². The van der Waals surface area contributed by atoms with E-state index in [4.69, 9.17) is 5.11 Å². The first-order valence-electron chi connectivity index (χ1n) is 6.98. The molecular weight excluding hydrogens is 378 g/mol. The SMILES string of the molecule is Cn1/c(=N/N=Cc2n(CCO)cc[n+]2C)sc2ccccc21.[Br-]. The van der Waals surface area contributed by atoms with Crippen LogP contribution in [0, 0.1) is 0 Å². The zero-order chi connectivity index (χ0) is 15.5. The molecule has 8 heteroatoms. The van der Waals surface area contributed by atoms with Crippen LogP contribution >= 0.6 is 11.3 Å². The quantitative estimate of drug-likeness (QED) is 0.304. The molecular formula is C15H18BrN5OS. The lowest BCUT2D eigenvalue weighted by Crippen LogP contribution is -3.00. The van der Waals surface area contributed by atoms with Gasteiger partial charge in [-0.15, -0.1) is 10.2 Å². The van der Waals surface area contributed by atoms with Gasteiger partial charge in [0, 0.05) is 7.05 Å². The number of hydrogen-bond donors (Lipinski definition) is 1. The lowest BCUT2D eigenvalue weighted by atomic mass is 10.3. The first kappa shape index (κ1) is 17.6. The molecule has 0 saturated heterocycles. The highest BCUT2D eigenvalue weighted by Crippen LogP contribution is 2.14. The van der Waals surface area contributed by atoms with E-state index in [1.807, 2.05) is 52.3 Å². The van der Waals surface area contributed by atoms with Gasteiger partial charge in [-0.05, 0) is 12.1 Å². The topological polar surface area (TPSA) is 58.7 Å². The summed E-state index contributed by atoms with van der Waals surface area (Å²) in [4.78, 5) is 0.848. The largest absolute Gasteiger partial charge is 1.00 e. The van der Waals surface area contributed by atoms with Crippen molar-refractivity contribution in [2.45, 2.75) is 6.54 Å². The number of rotatable bonds is 4. The van der Waals surface area contributed by atoms with Crippen LogP contribution in [-0.4, -0.2) is 27.1 Å². The number of hydrogen-bond acceptors (Lipinski definition) is 4. The van der Waals surface area contributed by atoms with Crippen molar-refractivity contribution in [3.8, 4) is 0 Å². The van der Waals surface area contributed by atoms with Crippen molar-refractivity contribution in [2.24, 2.45) is 24.3 Å². The highest BCUT2D eigenvalue weighted by atomic mass is 79.9. The second-order valence-corrected chi connectivity index (χ2v) is 5.95. The molecule has 6 nitrogen and oxygen atoms in total. The van der Waals surface area contributed by atoms with Gasteiger partial charge in [-0.3, -0.25) is 0 Å². The highest BCUT2D eigenvalue weighted by molar-refractivity contribution is 7.16. The zero-order valence-corrected chi connectivity index (χ0v) is 15.3. The van der Waals surface area contributed by atoms with Gasteiger partial charge in [-0.1, -0.05) is 23.5 Å². The molecule has 2 aromatic heterocycles. The second kappa shape index (κ2) is 7.67. The average Bonchev–Trinajstić information content (AvgIpc) is 3.03. The van der Waals surface area contributed by atoms with E-state index in [-0.39, 0.29) is 23.6 Å². The maximum Gasteiger partial charge on any atom is 0.301 e. The second-order valence-electron chi connectivity index (χ2n) is 4.94. The molecule has 3 aromatic rings. The number of imidazole rings is 1. The number of aryl methyl sites for hydroxylation is 2. The number of nitrogens with zero attached hydrogens (tertiary/aromatic N) is 5. The van der Waals surface area contributed by atoms with Crippen LogP contribution in [0.15, 0.2) is 46.9 Å². The van der Waals surface area contributed by atoms with Crippen LogP contribution in [0.4, 0.5) is 0 Å². The normalized spacial score (nSPS) is 12.2. The Bertz CT molecular complexity index is 893. The first-order valence-corrected chi connectivity index (χ1v) is 7.79. The van der Waals surface area contributed by atoms with E-state index in [9.17, 15) is 0 Å². The number of para-hydroxylation sites is 1. The third-order valence-electron chi connectivity index (χ3n) is 3.50. The highest BCUT2D eigenvalue weighted by Gasteiger charge is 2.11. The fourth-order valence-corrected chi connectivity index (χ4v) is 3.28. The van der Waals surface area contributed by atoms with Crippen LogP contribution in [-0.2, 0) is 20.6 Å². The van der Waals surface area contributed by atoms with E-state index >= 15 is 0 Å². The smallest absolute Gasteiger partial charge is 0.301 e. The van der Waals surface area contributed by atoms with Crippen LogP contribution in [0.5, 0.6) is 0 Å². The van der Waals surface area contributed by atoms with Gasteiger partial charge < -0.3 is 26.7 Å². The van der Waals surface area contributed by atoms with E-state index in [1.165, 1.54) is 4.70 Å². The Balaban J connectivity index is 0.00000192. The van der Waals surface area contributed by atoms with Gasteiger partial charge in [-0.2, -0.15) is 0 Å². The molecule has 0 atom stereocenters. The van der Waals surface area contributed by atoms with Gasteiger partial charge in [0.2, 0.25) is 4.80 Å². The number of aliphatic hydroxyl groups excluding tert-OH is 1. The lowest BCUT2D eigenvalue weighted by Gasteiger charge is -1.94. The molecule has 0 amide bonds. The van der Waals surface area contributed by atoms with Crippen molar-refractivity contribution in [3.63, 3.8) is 0 Å². The lowest BCUT2D eigenvalue weighted by molar-refractivity contribution is -0.671. The molecule has 0 aliphatic carbocycles. The van der Waals surface area contributed by atoms with Gasteiger partial charge in [-0.25, -0.2) is 9.13 Å². The van der Waals surface area contributed by atoms with Gasteiger partial charge in [0.15, 0.2) is 0 Å². The van der Waals surface area contributed by atoms with Gasteiger partial charge >= 0.3 is 5.82 Å². The number of aliphatic hydroxyl groups is 1. The van der Waals surface area contributed by atoms with E-state index in [0.29, 0.717) is 6.54 Å². The van der Waals surface area contributed by atoms with E-state index < -0.39 is 0 Å². The van der Waals surface area contributed by atoms with Crippen molar-refractivity contribution >= 4 is 27.8 Å². The summed E-state index contributed by atoms with van der Waals surface area (Å²) in [6.07, 6.45) is 5.55. The summed E-state index contributed by atoms with van der Waals surface area (Å²) in [5.74, 6) is 0.890. The van der Waals surface area contributed by atoms with Gasteiger partial charge in [0.05, 0.1) is 23.9 Å². The Labute approximate surface area is 148 Å². The molecule has 3 rings (SSSR count). The molecule has 23 heavy (non-hydrogen) atoms. The molecule has 0 aliphatic heterocycles. The molecule has 1 aromatic carbocycles. The van der Waals surface area contributed by atoms with E-state index in [1.54, 1.807) is 17.6 Å². The van der Waals surface area contributed by atoms with Crippen LogP contribution in [0.1, 0.15) is 5.82 Å². The molecule has 0 bridgehead atoms. The average molecular weight is 396 g/mol. The third-order valence-corrected chi connectivity index (χ3v) is 4.60. The summed E-state index contributed by atoms with van der Waals surface area (Å²) in [6, 6.07) is 8.19. The molecule has 122 valence electrons. The summed E-state index contributed by atoms with van der Waals surface area (Å²) < 4.78 is 7.10. The standard InChI is InChI=1S/C15H18N5OS.BrH/c1-18-7-8-20(9-10-21)14(18)11-16-17-15-19(2)12-5-3-4-6-13(12)22-15;/h3-8,11,21H,9-10H2,1-2H3;1H/q+1;/p-1. The number of benzene rings is 1. The van der Waals surface area contributed by atoms with E-state index in [2.05, 4.69) is 22.3 Å². The molecule has 0 radical (unpaired) electrons. The fraction of sp³-hybridized carbons (Fsp3) is 0.267. The minimum Gasteiger partial charge on any atom is -1.00 e. The predicted octanol–water partition coefficient (Wildman–Crippen LogP) is -2.20. The van der Waals surface area contributed by atoms with Crippen molar-refractivity contribution in [3.05, 3.63) is 47.3 Å². The molecule has 2 heterocycles. The number of thiazole rings is 1. The maximum absolute atomic E-state index is 9.07. The molecule has 0 aliphatic rings. The third kappa shape index (κ3) is 3.60. The monoisotopic (exact) mass is 395 g/mol. The Morgan fingerprint density at radius 2 is 2.13 bits per heavy atom.